The molecule has 0 aliphatic heterocycles. The molecule has 2 rings (SSSR count). The first kappa shape index (κ1) is 12.9. The van der Waals surface area contributed by atoms with Gasteiger partial charge in [0.05, 0.1) is 5.69 Å². The Bertz CT molecular complexity index is 527. The standard InChI is InChI=1S/C15H15ClFN/c1-2-18(15-10-6-4-8-13(15)17)14-9-5-3-7-12(14)11-16/h3-10H,2,11H2,1H3. The van der Waals surface area contributed by atoms with Crippen molar-refractivity contribution in [3.63, 3.8) is 0 Å². The summed E-state index contributed by atoms with van der Waals surface area (Å²) in [7, 11) is 0. The van der Waals surface area contributed by atoms with E-state index in [0.717, 1.165) is 11.3 Å². The van der Waals surface area contributed by atoms with Gasteiger partial charge in [0.1, 0.15) is 5.82 Å². The van der Waals surface area contributed by atoms with E-state index in [4.69, 9.17) is 11.6 Å². The van der Waals surface area contributed by atoms with Crippen molar-refractivity contribution in [3.8, 4) is 0 Å². The average Bonchev–Trinajstić information content (AvgIpc) is 2.42. The lowest BCUT2D eigenvalue weighted by Gasteiger charge is -2.25. The van der Waals surface area contributed by atoms with Gasteiger partial charge in [0, 0.05) is 18.1 Å². The Morgan fingerprint density at radius 3 is 2.22 bits per heavy atom. The molecule has 0 aromatic heterocycles. The van der Waals surface area contributed by atoms with E-state index in [1.165, 1.54) is 6.07 Å². The fraction of sp³-hybridized carbons (Fsp3) is 0.200. The molecule has 0 spiro atoms. The molecule has 0 unspecified atom stereocenters. The molecule has 0 fully saturated rings. The highest BCUT2D eigenvalue weighted by Crippen LogP contribution is 2.30. The van der Waals surface area contributed by atoms with E-state index < -0.39 is 0 Å². The fourth-order valence-electron chi connectivity index (χ4n) is 2.03. The molecule has 0 heterocycles. The topological polar surface area (TPSA) is 3.24 Å². The fourth-order valence-corrected chi connectivity index (χ4v) is 2.25. The van der Waals surface area contributed by atoms with Gasteiger partial charge in [0.25, 0.3) is 0 Å². The number of para-hydroxylation sites is 2. The molecule has 18 heavy (non-hydrogen) atoms. The summed E-state index contributed by atoms with van der Waals surface area (Å²) < 4.78 is 13.9. The van der Waals surface area contributed by atoms with E-state index in [1.54, 1.807) is 12.1 Å². The van der Waals surface area contributed by atoms with Gasteiger partial charge in [0.2, 0.25) is 0 Å². The van der Waals surface area contributed by atoms with Crippen molar-refractivity contribution in [1.29, 1.82) is 0 Å². The predicted octanol–water partition coefficient (Wildman–Crippen LogP) is 4.72. The van der Waals surface area contributed by atoms with Gasteiger partial charge in [-0.2, -0.15) is 0 Å². The predicted molar refractivity (Wildman–Crippen MR) is 75.1 cm³/mol. The Hall–Kier alpha value is -1.54. The lowest BCUT2D eigenvalue weighted by atomic mass is 10.1. The van der Waals surface area contributed by atoms with Crippen LogP contribution in [0.3, 0.4) is 0 Å². The minimum atomic E-state index is -0.219. The third-order valence-electron chi connectivity index (χ3n) is 2.89. The lowest BCUT2D eigenvalue weighted by Crippen LogP contribution is -2.18. The van der Waals surface area contributed by atoms with Crippen LogP contribution in [0.1, 0.15) is 12.5 Å². The molecule has 0 aliphatic carbocycles. The smallest absolute Gasteiger partial charge is 0.146 e. The molecule has 0 amide bonds. The van der Waals surface area contributed by atoms with Gasteiger partial charge in [-0.05, 0) is 30.7 Å². The van der Waals surface area contributed by atoms with Crippen LogP contribution < -0.4 is 4.90 Å². The molecule has 0 saturated heterocycles. The van der Waals surface area contributed by atoms with Crippen LogP contribution in [0.4, 0.5) is 15.8 Å². The van der Waals surface area contributed by atoms with Gasteiger partial charge in [-0.15, -0.1) is 11.6 Å². The summed E-state index contributed by atoms with van der Waals surface area (Å²) in [6, 6.07) is 14.6. The molecule has 2 aromatic carbocycles. The number of halogens is 2. The minimum Gasteiger partial charge on any atom is -0.339 e. The molecule has 0 saturated carbocycles. The Morgan fingerprint density at radius 1 is 1.00 bits per heavy atom. The zero-order chi connectivity index (χ0) is 13.0. The molecular weight excluding hydrogens is 249 g/mol. The highest BCUT2D eigenvalue weighted by molar-refractivity contribution is 6.17. The SMILES string of the molecule is CCN(c1ccccc1F)c1ccccc1CCl. The number of benzene rings is 2. The molecule has 0 aliphatic rings. The minimum absolute atomic E-state index is 0.219. The third kappa shape index (κ3) is 2.49. The van der Waals surface area contributed by atoms with Gasteiger partial charge < -0.3 is 4.90 Å². The summed E-state index contributed by atoms with van der Waals surface area (Å²) in [5.74, 6) is 0.199. The van der Waals surface area contributed by atoms with E-state index in [-0.39, 0.29) is 5.82 Å². The van der Waals surface area contributed by atoms with Crippen molar-refractivity contribution in [1.82, 2.24) is 0 Å². The summed E-state index contributed by atoms with van der Waals surface area (Å²) in [5, 5.41) is 0. The zero-order valence-corrected chi connectivity index (χ0v) is 11.0. The van der Waals surface area contributed by atoms with Gasteiger partial charge in [-0.25, -0.2) is 4.39 Å². The molecule has 0 atom stereocenters. The van der Waals surface area contributed by atoms with Crippen molar-refractivity contribution < 1.29 is 4.39 Å². The molecule has 1 nitrogen and oxygen atoms in total. The molecule has 0 bridgehead atoms. The van der Waals surface area contributed by atoms with Crippen LogP contribution >= 0.6 is 11.6 Å². The van der Waals surface area contributed by atoms with Crippen LogP contribution in [0.15, 0.2) is 48.5 Å². The molecule has 2 aromatic rings. The molecular formula is C15H15ClFN. The summed E-state index contributed by atoms with van der Waals surface area (Å²) in [6.07, 6.45) is 0. The maximum atomic E-state index is 13.9. The van der Waals surface area contributed by atoms with Gasteiger partial charge >= 0.3 is 0 Å². The van der Waals surface area contributed by atoms with Crippen LogP contribution in [0.5, 0.6) is 0 Å². The largest absolute Gasteiger partial charge is 0.339 e. The molecule has 0 N–H and O–H groups in total. The first-order valence-corrected chi connectivity index (χ1v) is 6.47. The number of hydrogen-bond donors (Lipinski definition) is 0. The summed E-state index contributed by atoms with van der Waals surface area (Å²) in [6.45, 7) is 2.69. The number of nitrogens with zero attached hydrogens (tertiary/aromatic N) is 1. The summed E-state index contributed by atoms with van der Waals surface area (Å²) >= 11 is 5.94. The number of hydrogen-bond acceptors (Lipinski definition) is 1. The monoisotopic (exact) mass is 263 g/mol. The Labute approximate surface area is 112 Å². The van der Waals surface area contributed by atoms with Crippen LogP contribution in [-0.4, -0.2) is 6.54 Å². The van der Waals surface area contributed by atoms with Gasteiger partial charge in [-0.3, -0.25) is 0 Å². The van der Waals surface area contributed by atoms with E-state index in [1.807, 2.05) is 42.2 Å². The highest BCUT2D eigenvalue weighted by Gasteiger charge is 2.13. The molecule has 3 heteroatoms. The Kier molecular flexibility index (Phi) is 4.21. The number of rotatable bonds is 4. The second-order valence-electron chi connectivity index (χ2n) is 3.96. The van der Waals surface area contributed by atoms with Gasteiger partial charge in [0.15, 0.2) is 0 Å². The first-order valence-electron chi connectivity index (χ1n) is 5.94. The van der Waals surface area contributed by atoms with Crippen LogP contribution in [0, 0.1) is 5.82 Å². The second-order valence-corrected chi connectivity index (χ2v) is 4.23. The lowest BCUT2D eigenvalue weighted by molar-refractivity contribution is 0.625. The zero-order valence-electron chi connectivity index (χ0n) is 10.2. The Morgan fingerprint density at radius 2 is 1.61 bits per heavy atom. The maximum absolute atomic E-state index is 13.9. The maximum Gasteiger partial charge on any atom is 0.146 e. The van der Waals surface area contributed by atoms with Crippen LogP contribution in [-0.2, 0) is 5.88 Å². The second kappa shape index (κ2) is 5.87. The Balaban J connectivity index is 2.49. The summed E-state index contributed by atoms with van der Waals surface area (Å²) in [4.78, 5) is 1.94. The number of alkyl halides is 1. The van der Waals surface area contributed by atoms with Crippen molar-refractivity contribution in [2.45, 2.75) is 12.8 Å². The van der Waals surface area contributed by atoms with Crippen LogP contribution in [0.2, 0.25) is 0 Å². The van der Waals surface area contributed by atoms with Crippen LogP contribution in [0.25, 0.3) is 0 Å². The van der Waals surface area contributed by atoms with E-state index in [0.29, 0.717) is 18.1 Å². The van der Waals surface area contributed by atoms with Crippen molar-refractivity contribution >= 4 is 23.0 Å². The molecule has 94 valence electrons. The molecule has 0 radical (unpaired) electrons. The van der Waals surface area contributed by atoms with Crippen molar-refractivity contribution in [3.05, 3.63) is 59.9 Å². The summed E-state index contributed by atoms with van der Waals surface area (Å²) in [5.41, 5.74) is 2.54. The third-order valence-corrected chi connectivity index (χ3v) is 3.17. The van der Waals surface area contributed by atoms with E-state index in [9.17, 15) is 4.39 Å². The van der Waals surface area contributed by atoms with E-state index >= 15 is 0 Å². The normalized spacial score (nSPS) is 10.4. The average molecular weight is 264 g/mol. The number of anilines is 2. The van der Waals surface area contributed by atoms with E-state index in [2.05, 4.69) is 0 Å². The highest BCUT2D eigenvalue weighted by atomic mass is 35.5. The van der Waals surface area contributed by atoms with Crippen molar-refractivity contribution in [2.24, 2.45) is 0 Å². The quantitative estimate of drug-likeness (QED) is 0.722. The first-order chi connectivity index (χ1) is 8.77. The van der Waals surface area contributed by atoms with Crippen molar-refractivity contribution in [2.75, 3.05) is 11.4 Å². The van der Waals surface area contributed by atoms with Gasteiger partial charge in [-0.1, -0.05) is 30.3 Å².